The van der Waals surface area contributed by atoms with E-state index < -0.39 is 0 Å². The molecule has 62 valence electrons. The number of hydrogen-bond donors (Lipinski definition) is 0. The Labute approximate surface area is 73.9 Å². The number of aromatic nitrogens is 2. The Morgan fingerprint density at radius 1 is 1.31 bits per heavy atom. The van der Waals surface area contributed by atoms with E-state index in [4.69, 9.17) is 0 Å². The van der Waals surface area contributed by atoms with E-state index in [9.17, 15) is 0 Å². The summed E-state index contributed by atoms with van der Waals surface area (Å²) >= 11 is 0. The van der Waals surface area contributed by atoms with Crippen LogP contribution in [0.15, 0.2) is 33.7 Å². The lowest BCUT2D eigenvalue weighted by Crippen LogP contribution is -2.11. The summed E-state index contributed by atoms with van der Waals surface area (Å²) in [5.41, 5.74) is 3.73. The zero-order valence-corrected chi connectivity index (χ0v) is 6.68. The highest BCUT2D eigenvalue weighted by Gasteiger charge is 2.20. The summed E-state index contributed by atoms with van der Waals surface area (Å²) in [6.45, 7) is 0. The van der Waals surface area contributed by atoms with Crippen LogP contribution in [-0.4, -0.2) is 15.7 Å². The van der Waals surface area contributed by atoms with E-state index in [0.29, 0.717) is 6.42 Å². The molecule has 1 aliphatic carbocycles. The molecule has 13 heavy (non-hydrogen) atoms. The summed E-state index contributed by atoms with van der Waals surface area (Å²) < 4.78 is 0. The smallest absolute Gasteiger partial charge is 0.115 e. The van der Waals surface area contributed by atoms with Crippen molar-refractivity contribution in [2.75, 3.05) is 0 Å². The van der Waals surface area contributed by atoms with E-state index in [1.54, 1.807) is 12.5 Å². The molecule has 2 aliphatic rings. The summed E-state index contributed by atoms with van der Waals surface area (Å²) in [6, 6.07) is 0. The van der Waals surface area contributed by atoms with Crippen LogP contribution in [0.3, 0.4) is 0 Å². The molecule has 0 atom stereocenters. The van der Waals surface area contributed by atoms with Crippen LogP contribution >= 0.6 is 0 Å². The van der Waals surface area contributed by atoms with E-state index in [1.165, 1.54) is 0 Å². The van der Waals surface area contributed by atoms with Crippen LogP contribution in [0.25, 0.3) is 6.08 Å². The second kappa shape index (κ2) is 2.29. The molecule has 0 saturated carbocycles. The first kappa shape index (κ1) is 6.59. The molecule has 0 spiro atoms. The Bertz CT molecular complexity index is 457. The third-order valence-electron chi connectivity index (χ3n) is 2.07. The molecule has 3 rings (SSSR count). The zero-order valence-electron chi connectivity index (χ0n) is 6.68. The summed E-state index contributed by atoms with van der Waals surface area (Å²) in [4.78, 5) is 8.10. The first-order chi connectivity index (χ1) is 6.43. The highest BCUT2D eigenvalue weighted by molar-refractivity contribution is 6.07. The number of rotatable bonds is 0. The molecule has 0 saturated heterocycles. The van der Waals surface area contributed by atoms with E-state index >= 15 is 0 Å². The predicted octanol–water partition coefficient (Wildman–Crippen LogP) is 1.20. The third kappa shape index (κ3) is 0.900. The van der Waals surface area contributed by atoms with Gasteiger partial charge in [-0.15, -0.1) is 10.2 Å². The fourth-order valence-corrected chi connectivity index (χ4v) is 1.41. The molecule has 2 heterocycles. The second-order valence-electron chi connectivity index (χ2n) is 2.87. The van der Waals surface area contributed by atoms with E-state index in [1.807, 2.05) is 6.08 Å². The van der Waals surface area contributed by atoms with Crippen molar-refractivity contribution in [1.29, 1.82) is 0 Å². The van der Waals surface area contributed by atoms with Gasteiger partial charge < -0.3 is 0 Å². The van der Waals surface area contributed by atoms with Gasteiger partial charge in [-0.3, -0.25) is 0 Å². The van der Waals surface area contributed by atoms with Gasteiger partial charge in [0.05, 0.1) is 11.4 Å². The van der Waals surface area contributed by atoms with Crippen LogP contribution in [-0.2, 0) is 6.42 Å². The molecule has 0 N–H and O–H groups in total. The van der Waals surface area contributed by atoms with Crippen molar-refractivity contribution >= 4 is 11.8 Å². The Morgan fingerprint density at radius 2 is 2.31 bits per heavy atom. The van der Waals surface area contributed by atoms with Gasteiger partial charge in [-0.2, -0.15) is 0 Å². The fourth-order valence-electron chi connectivity index (χ4n) is 1.41. The molecule has 1 aromatic rings. The molecule has 0 bridgehead atoms. The Kier molecular flexibility index (Phi) is 1.16. The average molecular weight is 171 g/mol. The van der Waals surface area contributed by atoms with Crippen molar-refractivity contribution in [2.45, 2.75) is 6.42 Å². The molecule has 1 aliphatic heterocycles. The van der Waals surface area contributed by atoms with Crippen molar-refractivity contribution in [2.24, 2.45) is 15.4 Å². The monoisotopic (exact) mass is 171 g/mol. The molecule has 0 aromatic carbocycles. The fraction of sp³-hybridized carbons (Fsp3) is 0.125. The highest BCUT2D eigenvalue weighted by Crippen LogP contribution is 2.23. The third-order valence-corrected chi connectivity index (χ3v) is 2.07. The number of fused-ring (bicyclic) bond motifs is 2. The lowest BCUT2D eigenvalue weighted by molar-refractivity contribution is 1.05. The average Bonchev–Trinajstić information content (AvgIpc) is 2.61. The molecule has 1 aromatic heterocycles. The van der Waals surface area contributed by atoms with E-state index in [2.05, 4.69) is 25.4 Å². The van der Waals surface area contributed by atoms with Gasteiger partial charge in [0, 0.05) is 18.2 Å². The van der Waals surface area contributed by atoms with E-state index in [-0.39, 0.29) is 0 Å². The number of hydrogen-bond acceptors (Lipinski definition) is 5. The summed E-state index contributed by atoms with van der Waals surface area (Å²) in [6.07, 6.45) is 5.94. The summed E-state index contributed by atoms with van der Waals surface area (Å²) in [5, 5.41) is 11.4. The zero-order chi connectivity index (χ0) is 8.67. The Hall–Kier alpha value is -1.91. The van der Waals surface area contributed by atoms with Gasteiger partial charge in [-0.05, 0) is 11.3 Å². The Balaban J connectivity index is 2.21. The van der Waals surface area contributed by atoms with E-state index in [0.717, 1.165) is 22.7 Å². The van der Waals surface area contributed by atoms with Crippen molar-refractivity contribution in [3.8, 4) is 0 Å². The van der Waals surface area contributed by atoms with Crippen molar-refractivity contribution in [3.05, 3.63) is 29.5 Å². The molecular formula is C8H5N5. The largest absolute Gasteiger partial charge is 0.244 e. The van der Waals surface area contributed by atoms with Gasteiger partial charge in [0.15, 0.2) is 0 Å². The first-order valence-corrected chi connectivity index (χ1v) is 3.92. The lowest BCUT2D eigenvalue weighted by atomic mass is 10.0. The van der Waals surface area contributed by atoms with Crippen LogP contribution in [0.4, 0.5) is 0 Å². The minimum Gasteiger partial charge on any atom is -0.244 e. The highest BCUT2D eigenvalue weighted by atomic mass is 15.4. The molecule has 5 heteroatoms. The number of nitrogens with zero attached hydrogens (tertiary/aromatic N) is 5. The quantitative estimate of drug-likeness (QED) is 0.588. The molecular weight excluding hydrogens is 166 g/mol. The maximum absolute atomic E-state index is 4.16. The molecule has 0 radical (unpaired) electrons. The predicted molar refractivity (Wildman–Crippen MR) is 46.0 cm³/mol. The summed E-state index contributed by atoms with van der Waals surface area (Å²) in [7, 11) is 0. The van der Waals surface area contributed by atoms with Gasteiger partial charge in [-0.25, -0.2) is 9.97 Å². The number of allylic oxidation sites excluding steroid dienone is 1. The van der Waals surface area contributed by atoms with Crippen LogP contribution in [0.1, 0.15) is 11.3 Å². The van der Waals surface area contributed by atoms with Crippen LogP contribution in [0, 0.1) is 0 Å². The van der Waals surface area contributed by atoms with Crippen molar-refractivity contribution < 1.29 is 0 Å². The lowest BCUT2D eigenvalue weighted by Gasteiger charge is -2.09. The minimum absolute atomic E-state index is 0.705. The van der Waals surface area contributed by atoms with Gasteiger partial charge >= 0.3 is 0 Å². The van der Waals surface area contributed by atoms with Crippen molar-refractivity contribution in [1.82, 2.24) is 9.97 Å². The van der Waals surface area contributed by atoms with Gasteiger partial charge in [-0.1, -0.05) is 0 Å². The topological polar surface area (TPSA) is 62.9 Å². The van der Waals surface area contributed by atoms with Crippen LogP contribution < -0.4 is 0 Å². The van der Waals surface area contributed by atoms with Gasteiger partial charge in [0.25, 0.3) is 0 Å². The molecule has 5 nitrogen and oxygen atoms in total. The van der Waals surface area contributed by atoms with Gasteiger partial charge in [0.2, 0.25) is 0 Å². The first-order valence-electron chi connectivity index (χ1n) is 3.92. The van der Waals surface area contributed by atoms with Crippen LogP contribution in [0.5, 0.6) is 0 Å². The van der Waals surface area contributed by atoms with Crippen molar-refractivity contribution in [3.63, 3.8) is 0 Å². The van der Waals surface area contributed by atoms with Gasteiger partial charge in [0.1, 0.15) is 12.0 Å². The minimum atomic E-state index is 0.705. The molecule has 0 fully saturated rings. The molecule has 0 unspecified atom stereocenters. The maximum Gasteiger partial charge on any atom is 0.115 e. The standard InChI is InChI=1S/C8H5N5/c1-5-3-9-4-10-6(5)2-8-7(1)11-13-12-8/h1,3-4H,2H2. The Morgan fingerprint density at radius 3 is 3.31 bits per heavy atom. The maximum atomic E-state index is 4.16. The molecule has 0 amide bonds. The SMILES string of the molecule is C1=C2N=NN=C2Cc2ncncc21. The normalized spacial score (nSPS) is 17.5. The second-order valence-corrected chi connectivity index (χ2v) is 2.87. The summed E-state index contributed by atoms with van der Waals surface area (Å²) in [5.74, 6) is 0. The van der Waals surface area contributed by atoms with Crippen LogP contribution in [0.2, 0.25) is 0 Å².